The molecular weight excluding hydrogens is 196 g/mol. The topological polar surface area (TPSA) is 9.23 Å². The van der Waals surface area contributed by atoms with Crippen LogP contribution in [0.3, 0.4) is 0 Å². The van der Waals surface area contributed by atoms with Gasteiger partial charge in [-0.1, -0.05) is 36.4 Å². The van der Waals surface area contributed by atoms with Gasteiger partial charge in [-0.25, -0.2) is 0 Å². The van der Waals surface area contributed by atoms with Gasteiger partial charge in [0.25, 0.3) is 0 Å². The summed E-state index contributed by atoms with van der Waals surface area (Å²) in [6, 6.07) is 8.85. The molecule has 1 aromatic rings. The molecule has 0 aromatic heterocycles. The third-order valence-corrected chi connectivity index (χ3v) is 5.18. The van der Waals surface area contributed by atoms with Crippen LogP contribution in [0, 0.1) is 23.7 Å². The van der Waals surface area contributed by atoms with Crippen molar-refractivity contribution in [2.24, 2.45) is 23.7 Å². The Hall–Kier alpha value is -1.08. The van der Waals surface area contributed by atoms with E-state index in [0.29, 0.717) is 12.2 Å². The van der Waals surface area contributed by atoms with Gasteiger partial charge in [0.15, 0.2) is 0 Å². The first-order valence-electron chi connectivity index (χ1n) is 6.36. The van der Waals surface area contributed by atoms with Gasteiger partial charge in [0.05, 0.1) is 12.2 Å². The third kappa shape index (κ3) is 0.708. The second-order valence-corrected chi connectivity index (χ2v) is 5.71. The summed E-state index contributed by atoms with van der Waals surface area (Å²) in [7, 11) is 0. The number of allylic oxidation sites excluding steroid dienone is 2. The smallest absolute Gasteiger partial charge is 0.0874 e. The Balaban J connectivity index is 1.73. The second kappa shape index (κ2) is 2.43. The van der Waals surface area contributed by atoms with E-state index in [1.807, 2.05) is 0 Å². The Morgan fingerprint density at radius 1 is 0.875 bits per heavy atom. The molecule has 0 radical (unpaired) electrons. The molecule has 0 unspecified atom stereocenters. The zero-order valence-corrected chi connectivity index (χ0v) is 9.04. The van der Waals surface area contributed by atoms with Crippen LogP contribution >= 0.6 is 0 Å². The van der Waals surface area contributed by atoms with E-state index in [9.17, 15) is 0 Å². The number of ether oxygens (including phenoxy) is 1. The molecule has 4 aliphatic rings. The minimum absolute atomic E-state index is 0.408. The van der Waals surface area contributed by atoms with Crippen LogP contribution in [-0.2, 0) is 4.74 Å². The summed E-state index contributed by atoms with van der Waals surface area (Å²) in [5.74, 6) is 3.18. The molecule has 16 heavy (non-hydrogen) atoms. The van der Waals surface area contributed by atoms with Gasteiger partial charge >= 0.3 is 0 Å². The molecule has 2 fully saturated rings. The fourth-order valence-corrected chi connectivity index (χ4v) is 4.68. The average Bonchev–Trinajstić information content (AvgIpc) is 3.07. The highest BCUT2D eigenvalue weighted by Gasteiger charge is 2.61. The minimum Gasteiger partial charge on any atom is -0.365 e. The minimum atomic E-state index is 0.408. The zero-order chi connectivity index (χ0) is 10.3. The van der Waals surface area contributed by atoms with Crippen LogP contribution < -0.4 is 0 Å². The molecule has 1 nitrogen and oxygen atoms in total. The average molecular weight is 210 g/mol. The lowest BCUT2D eigenvalue weighted by Gasteiger charge is -2.30. The van der Waals surface area contributed by atoms with E-state index in [4.69, 9.17) is 4.74 Å². The molecule has 80 valence electrons. The molecule has 5 rings (SSSR count). The molecular formula is C15H14O. The van der Waals surface area contributed by atoms with Gasteiger partial charge in [-0.2, -0.15) is 0 Å². The zero-order valence-electron chi connectivity index (χ0n) is 9.04. The lowest BCUT2D eigenvalue weighted by atomic mass is 9.71. The van der Waals surface area contributed by atoms with Crippen LogP contribution in [0.1, 0.15) is 29.8 Å². The molecule has 1 saturated heterocycles. The van der Waals surface area contributed by atoms with E-state index in [0.717, 1.165) is 23.7 Å². The summed E-state index contributed by atoms with van der Waals surface area (Å²) in [5.41, 5.74) is 2.96. The van der Waals surface area contributed by atoms with Gasteiger partial charge in [-0.05, 0) is 29.4 Å². The molecule has 1 aromatic carbocycles. The predicted octanol–water partition coefficient (Wildman–Crippen LogP) is 3.25. The summed E-state index contributed by atoms with van der Waals surface area (Å²) in [4.78, 5) is 0. The van der Waals surface area contributed by atoms with Crippen LogP contribution in [-0.4, -0.2) is 0 Å². The largest absolute Gasteiger partial charge is 0.365 e. The van der Waals surface area contributed by atoms with Crippen molar-refractivity contribution in [3.63, 3.8) is 0 Å². The normalized spacial score (nSPS) is 49.8. The van der Waals surface area contributed by atoms with Gasteiger partial charge in [0.1, 0.15) is 0 Å². The van der Waals surface area contributed by atoms with Crippen LogP contribution in [0.25, 0.3) is 0 Å². The Morgan fingerprint density at radius 3 is 2.00 bits per heavy atom. The molecule has 2 aliphatic heterocycles. The van der Waals surface area contributed by atoms with Crippen LogP contribution in [0.15, 0.2) is 36.4 Å². The highest BCUT2D eigenvalue weighted by Crippen LogP contribution is 2.68. The number of hydrogen-bond acceptors (Lipinski definition) is 1. The predicted molar refractivity (Wildman–Crippen MR) is 60.7 cm³/mol. The molecule has 1 saturated carbocycles. The fraction of sp³-hybridized carbons (Fsp3) is 0.467. The van der Waals surface area contributed by atoms with Crippen molar-refractivity contribution in [2.45, 2.75) is 18.6 Å². The summed E-state index contributed by atoms with van der Waals surface area (Å²) < 4.78 is 6.25. The first-order valence-corrected chi connectivity index (χ1v) is 6.36. The maximum atomic E-state index is 6.25. The Kier molecular flexibility index (Phi) is 1.23. The van der Waals surface area contributed by atoms with Crippen LogP contribution in [0.5, 0.6) is 0 Å². The SMILES string of the molecule is C1=C[C@H]2C[C@@H]1[C@@H]1[C@H]2[C@@H]2O[C@H]1c1ccccc12. The van der Waals surface area contributed by atoms with E-state index in [-0.39, 0.29) is 0 Å². The standard InChI is InChI=1S/C15H14O/c1-2-4-11-10(3-1)14-12-8-5-6-9(7-8)13(12)15(11)16-14/h1-6,8-9,12-15H,7H2/t8-,9+,12-,13+,14+,15-. The highest BCUT2D eigenvalue weighted by atomic mass is 16.5. The molecule has 1 heteroatoms. The van der Waals surface area contributed by atoms with E-state index in [2.05, 4.69) is 36.4 Å². The number of hydrogen-bond donors (Lipinski definition) is 0. The van der Waals surface area contributed by atoms with E-state index in [1.54, 1.807) is 0 Å². The van der Waals surface area contributed by atoms with E-state index >= 15 is 0 Å². The monoisotopic (exact) mass is 210 g/mol. The summed E-state index contributed by atoms with van der Waals surface area (Å²) >= 11 is 0. The lowest BCUT2D eigenvalue weighted by Crippen LogP contribution is -2.25. The Bertz CT molecular complexity index is 461. The third-order valence-electron chi connectivity index (χ3n) is 5.18. The van der Waals surface area contributed by atoms with Gasteiger partial charge < -0.3 is 4.74 Å². The fourth-order valence-electron chi connectivity index (χ4n) is 4.68. The quantitative estimate of drug-likeness (QED) is 0.597. The summed E-state index contributed by atoms with van der Waals surface area (Å²) in [5, 5.41) is 0. The van der Waals surface area contributed by atoms with Crippen molar-refractivity contribution in [1.82, 2.24) is 0 Å². The van der Waals surface area contributed by atoms with Crippen LogP contribution in [0.2, 0.25) is 0 Å². The Labute approximate surface area is 95.1 Å². The second-order valence-electron chi connectivity index (χ2n) is 5.71. The maximum Gasteiger partial charge on any atom is 0.0874 e. The van der Waals surface area contributed by atoms with Crippen molar-refractivity contribution in [2.75, 3.05) is 0 Å². The van der Waals surface area contributed by atoms with Crippen LogP contribution in [0.4, 0.5) is 0 Å². The van der Waals surface area contributed by atoms with Gasteiger partial charge in [-0.15, -0.1) is 0 Å². The summed E-state index contributed by atoms with van der Waals surface area (Å²) in [6.45, 7) is 0. The molecule has 4 bridgehead atoms. The van der Waals surface area contributed by atoms with Crippen molar-refractivity contribution < 1.29 is 4.74 Å². The van der Waals surface area contributed by atoms with Gasteiger partial charge in [0, 0.05) is 11.8 Å². The van der Waals surface area contributed by atoms with Crippen molar-refractivity contribution in [1.29, 1.82) is 0 Å². The number of benzene rings is 1. The molecule has 0 spiro atoms. The van der Waals surface area contributed by atoms with E-state index in [1.165, 1.54) is 17.5 Å². The summed E-state index contributed by atoms with van der Waals surface area (Å²) in [6.07, 6.45) is 7.09. The van der Waals surface area contributed by atoms with Crippen molar-refractivity contribution in [3.8, 4) is 0 Å². The molecule has 0 amide bonds. The van der Waals surface area contributed by atoms with Crippen molar-refractivity contribution in [3.05, 3.63) is 47.5 Å². The first kappa shape index (κ1) is 8.08. The Morgan fingerprint density at radius 2 is 1.44 bits per heavy atom. The molecule has 0 N–H and O–H groups in total. The molecule has 2 aliphatic carbocycles. The van der Waals surface area contributed by atoms with E-state index < -0.39 is 0 Å². The highest BCUT2D eigenvalue weighted by molar-refractivity contribution is 5.41. The molecule has 2 heterocycles. The first-order chi connectivity index (χ1) is 7.93. The lowest BCUT2D eigenvalue weighted by molar-refractivity contribution is 0.0424. The maximum absolute atomic E-state index is 6.25. The van der Waals surface area contributed by atoms with Gasteiger partial charge in [-0.3, -0.25) is 0 Å². The molecule has 6 atom stereocenters. The number of fused-ring (bicyclic) bond motifs is 12. The van der Waals surface area contributed by atoms with Gasteiger partial charge in [0.2, 0.25) is 0 Å². The van der Waals surface area contributed by atoms with Crippen molar-refractivity contribution >= 4 is 0 Å². The number of rotatable bonds is 0.